The molecule has 70 valence electrons. The second-order valence-electron chi connectivity index (χ2n) is 3.26. The van der Waals surface area contributed by atoms with E-state index in [0.29, 0.717) is 12.3 Å². The highest BCUT2D eigenvalue weighted by molar-refractivity contribution is 5.97. The zero-order valence-electron chi connectivity index (χ0n) is 7.52. The van der Waals surface area contributed by atoms with Crippen LogP contribution in [0.3, 0.4) is 0 Å². The molecule has 3 heterocycles. The van der Waals surface area contributed by atoms with E-state index in [-0.39, 0.29) is 5.97 Å². The average molecular weight is 189 g/mol. The number of ether oxygens (including phenoxy) is 1. The first-order chi connectivity index (χ1) is 6.77. The van der Waals surface area contributed by atoms with Crippen LogP contribution in [0.4, 0.5) is 0 Å². The number of nitrogens with zero attached hydrogens (tertiary/aromatic N) is 3. The van der Waals surface area contributed by atoms with Crippen LogP contribution in [0.2, 0.25) is 0 Å². The number of hydrogen-bond donors (Lipinski definition) is 0. The lowest BCUT2D eigenvalue weighted by molar-refractivity contribution is 0.0454. The molecule has 5 nitrogen and oxygen atoms in total. The molecule has 0 atom stereocenters. The third kappa shape index (κ3) is 0.761. The first-order valence-corrected chi connectivity index (χ1v) is 4.27. The number of aromatic nitrogens is 3. The molecule has 0 N–H and O–H groups in total. The lowest BCUT2D eigenvalue weighted by Gasteiger charge is -2.10. The van der Waals surface area contributed by atoms with Crippen molar-refractivity contribution in [3.8, 4) is 0 Å². The molecule has 1 aliphatic rings. The van der Waals surface area contributed by atoms with Gasteiger partial charge in [-0.05, 0) is 13.0 Å². The standard InChI is InChI=1S/C9H7N3O2/c1-5-2-6-3-14-9(13)7-8(6)12(5)11-4-10-7/h2,4H,3H2,1H3. The molecule has 14 heavy (non-hydrogen) atoms. The van der Waals surface area contributed by atoms with E-state index < -0.39 is 0 Å². The van der Waals surface area contributed by atoms with Crippen molar-refractivity contribution in [3.63, 3.8) is 0 Å². The first kappa shape index (κ1) is 7.49. The van der Waals surface area contributed by atoms with E-state index in [1.54, 1.807) is 4.52 Å². The Labute approximate surface area is 79.3 Å². The predicted octanol–water partition coefficient (Wildman–Crippen LogP) is 0.708. The largest absolute Gasteiger partial charge is 0.456 e. The highest BCUT2D eigenvalue weighted by Crippen LogP contribution is 2.23. The van der Waals surface area contributed by atoms with Gasteiger partial charge < -0.3 is 4.74 Å². The van der Waals surface area contributed by atoms with Crippen LogP contribution in [0.25, 0.3) is 5.52 Å². The van der Waals surface area contributed by atoms with Crippen LogP contribution in [-0.4, -0.2) is 20.6 Å². The number of carbonyl (C=O) groups is 1. The van der Waals surface area contributed by atoms with Gasteiger partial charge in [0.2, 0.25) is 0 Å². The lowest BCUT2D eigenvalue weighted by atomic mass is 10.2. The van der Waals surface area contributed by atoms with E-state index in [1.165, 1.54) is 6.33 Å². The monoisotopic (exact) mass is 189 g/mol. The molecule has 0 saturated carbocycles. The molecule has 0 saturated heterocycles. The third-order valence-corrected chi connectivity index (χ3v) is 2.36. The fourth-order valence-corrected chi connectivity index (χ4v) is 1.76. The smallest absolute Gasteiger partial charge is 0.359 e. The van der Waals surface area contributed by atoms with Crippen LogP contribution in [0.1, 0.15) is 21.7 Å². The van der Waals surface area contributed by atoms with Gasteiger partial charge in [0, 0.05) is 11.3 Å². The average Bonchev–Trinajstić information content (AvgIpc) is 2.52. The SMILES string of the molecule is Cc1cc2c3c(ncnn13)C(=O)OC2. The van der Waals surface area contributed by atoms with Crippen LogP contribution in [0.5, 0.6) is 0 Å². The molecule has 0 bridgehead atoms. The van der Waals surface area contributed by atoms with Crippen molar-refractivity contribution >= 4 is 11.5 Å². The molecule has 1 aliphatic heterocycles. The molecule has 2 aromatic rings. The van der Waals surface area contributed by atoms with Gasteiger partial charge in [-0.1, -0.05) is 0 Å². The molecule has 0 radical (unpaired) electrons. The fraction of sp³-hybridized carbons (Fsp3) is 0.222. The summed E-state index contributed by atoms with van der Waals surface area (Å²) in [5, 5.41) is 4.08. The van der Waals surface area contributed by atoms with Gasteiger partial charge in [0.05, 0.1) is 0 Å². The van der Waals surface area contributed by atoms with Crippen molar-refractivity contribution in [2.24, 2.45) is 0 Å². The summed E-state index contributed by atoms with van der Waals surface area (Å²) in [6, 6.07) is 1.96. The van der Waals surface area contributed by atoms with Gasteiger partial charge in [-0.15, -0.1) is 0 Å². The van der Waals surface area contributed by atoms with Crippen molar-refractivity contribution in [2.75, 3.05) is 0 Å². The zero-order chi connectivity index (χ0) is 9.71. The normalized spacial score (nSPS) is 14.5. The number of aryl methyl sites for hydroxylation is 1. The van der Waals surface area contributed by atoms with E-state index in [0.717, 1.165) is 16.8 Å². The summed E-state index contributed by atoms with van der Waals surface area (Å²) in [6.07, 6.45) is 1.37. The molecule has 0 spiro atoms. The molecular weight excluding hydrogens is 182 g/mol. The van der Waals surface area contributed by atoms with Crippen molar-refractivity contribution in [2.45, 2.75) is 13.5 Å². The molecule has 0 unspecified atom stereocenters. The summed E-state index contributed by atoms with van der Waals surface area (Å²) >= 11 is 0. The van der Waals surface area contributed by atoms with Crippen molar-refractivity contribution in [1.82, 2.24) is 14.6 Å². The topological polar surface area (TPSA) is 56.5 Å². The second kappa shape index (κ2) is 2.31. The van der Waals surface area contributed by atoms with Gasteiger partial charge in [0.25, 0.3) is 0 Å². The summed E-state index contributed by atoms with van der Waals surface area (Å²) in [5.74, 6) is -0.372. The lowest BCUT2D eigenvalue weighted by Crippen LogP contribution is -2.15. The predicted molar refractivity (Wildman–Crippen MR) is 46.8 cm³/mol. The van der Waals surface area contributed by atoms with E-state index in [4.69, 9.17) is 4.74 Å². The number of esters is 1. The Bertz CT molecular complexity index is 544. The molecule has 0 aromatic carbocycles. The van der Waals surface area contributed by atoms with Gasteiger partial charge in [0.15, 0.2) is 5.69 Å². The summed E-state index contributed by atoms with van der Waals surface area (Å²) in [7, 11) is 0. The Morgan fingerprint density at radius 1 is 1.57 bits per heavy atom. The van der Waals surface area contributed by atoms with Crippen LogP contribution in [0.15, 0.2) is 12.4 Å². The summed E-state index contributed by atoms with van der Waals surface area (Å²) < 4.78 is 6.69. The molecule has 3 rings (SSSR count). The van der Waals surface area contributed by atoms with Gasteiger partial charge in [-0.2, -0.15) is 5.10 Å². The van der Waals surface area contributed by atoms with E-state index in [1.807, 2.05) is 13.0 Å². The zero-order valence-corrected chi connectivity index (χ0v) is 7.52. The molecule has 2 aromatic heterocycles. The van der Waals surface area contributed by atoms with Crippen molar-refractivity contribution in [1.29, 1.82) is 0 Å². The van der Waals surface area contributed by atoms with Crippen molar-refractivity contribution < 1.29 is 9.53 Å². The number of carbonyl (C=O) groups excluding carboxylic acids is 1. The Hall–Kier alpha value is -1.91. The third-order valence-electron chi connectivity index (χ3n) is 2.36. The molecule has 0 fully saturated rings. The van der Waals surface area contributed by atoms with E-state index >= 15 is 0 Å². The number of hydrogen-bond acceptors (Lipinski definition) is 4. The van der Waals surface area contributed by atoms with Gasteiger partial charge in [-0.3, -0.25) is 0 Å². The first-order valence-electron chi connectivity index (χ1n) is 4.27. The van der Waals surface area contributed by atoms with Crippen molar-refractivity contribution in [3.05, 3.63) is 29.3 Å². The van der Waals surface area contributed by atoms with Crippen LogP contribution >= 0.6 is 0 Å². The highest BCUT2D eigenvalue weighted by atomic mass is 16.5. The van der Waals surface area contributed by atoms with Crippen LogP contribution in [-0.2, 0) is 11.3 Å². The Morgan fingerprint density at radius 3 is 3.29 bits per heavy atom. The van der Waals surface area contributed by atoms with Gasteiger partial charge in [0.1, 0.15) is 18.5 Å². The summed E-state index contributed by atoms with van der Waals surface area (Å²) in [5.41, 5.74) is 3.09. The quantitative estimate of drug-likeness (QED) is 0.572. The summed E-state index contributed by atoms with van der Waals surface area (Å²) in [4.78, 5) is 15.3. The maximum atomic E-state index is 11.4. The number of rotatable bonds is 0. The van der Waals surface area contributed by atoms with Gasteiger partial charge >= 0.3 is 5.97 Å². The molecule has 5 heteroatoms. The minimum absolute atomic E-state index is 0.316. The van der Waals surface area contributed by atoms with Gasteiger partial charge in [-0.25, -0.2) is 14.3 Å². The maximum absolute atomic E-state index is 11.4. The maximum Gasteiger partial charge on any atom is 0.359 e. The second-order valence-corrected chi connectivity index (χ2v) is 3.26. The Balaban J connectivity index is 2.53. The Kier molecular flexibility index (Phi) is 1.24. The molecule has 0 aliphatic carbocycles. The van der Waals surface area contributed by atoms with E-state index in [2.05, 4.69) is 10.1 Å². The summed E-state index contributed by atoms with van der Waals surface area (Å²) in [6.45, 7) is 2.25. The fourth-order valence-electron chi connectivity index (χ4n) is 1.76. The number of cyclic esters (lactones) is 1. The van der Waals surface area contributed by atoms with Crippen LogP contribution in [0, 0.1) is 6.92 Å². The molecular formula is C9H7N3O2. The minimum Gasteiger partial charge on any atom is -0.456 e. The Morgan fingerprint density at radius 2 is 2.43 bits per heavy atom. The van der Waals surface area contributed by atoms with E-state index in [9.17, 15) is 4.79 Å². The minimum atomic E-state index is -0.372. The molecule has 0 amide bonds. The van der Waals surface area contributed by atoms with Crippen LogP contribution < -0.4 is 0 Å². The highest BCUT2D eigenvalue weighted by Gasteiger charge is 2.24.